The third-order valence-electron chi connectivity index (χ3n) is 1.29. The summed E-state index contributed by atoms with van der Waals surface area (Å²) in [6.07, 6.45) is 0. The number of hydrogen-bond donors (Lipinski definition) is 1. The quantitative estimate of drug-likeness (QED) is 0.702. The molecule has 0 spiro atoms. The molecule has 0 bridgehead atoms. The Kier molecular flexibility index (Phi) is 3.36. The molecule has 2 nitrogen and oxygen atoms in total. The van der Waals surface area contributed by atoms with Crippen LogP contribution in [-0.4, -0.2) is 0 Å². The maximum atomic E-state index is 5.83. The van der Waals surface area contributed by atoms with Crippen LogP contribution >= 0.6 is 11.6 Å². The van der Waals surface area contributed by atoms with Crippen LogP contribution < -0.4 is 5.48 Å². The van der Waals surface area contributed by atoms with E-state index in [2.05, 4.69) is 12.5 Å². The van der Waals surface area contributed by atoms with E-state index in [-0.39, 0.29) is 0 Å². The van der Waals surface area contributed by atoms with Gasteiger partial charge in [-0.25, -0.2) is 5.48 Å². The lowest BCUT2D eigenvalue weighted by atomic mass is 10.2. The highest BCUT2D eigenvalue weighted by molar-refractivity contribution is 6.31. The number of halogens is 1. The van der Waals surface area contributed by atoms with E-state index in [0.29, 0.717) is 11.6 Å². The number of rotatable bonds is 3. The Balaban J connectivity index is 2.62. The smallest absolute Gasteiger partial charge is 0.0947 e. The summed E-state index contributed by atoms with van der Waals surface area (Å²) >= 11 is 5.83. The first-order valence-corrected chi connectivity index (χ1v) is 3.59. The zero-order valence-electron chi connectivity index (χ0n) is 6.01. The summed E-state index contributed by atoms with van der Waals surface area (Å²) in [5.41, 5.74) is 3.28. The van der Waals surface area contributed by atoms with Gasteiger partial charge in [-0.05, 0) is 11.6 Å². The van der Waals surface area contributed by atoms with Crippen molar-refractivity contribution in [1.82, 2.24) is 5.48 Å². The molecule has 0 fully saturated rings. The normalized spacial score (nSPS) is 10.0. The molecular weight excluding hydrogens is 162 g/mol. The SMILES string of the molecule is [CH2]NOCc1ccccc1Cl. The van der Waals surface area contributed by atoms with Crippen molar-refractivity contribution < 1.29 is 4.84 Å². The predicted octanol–water partition coefficient (Wildman–Crippen LogP) is 2.15. The van der Waals surface area contributed by atoms with E-state index in [0.717, 1.165) is 5.56 Å². The van der Waals surface area contributed by atoms with Crippen molar-refractivity contribution in [3.8, 4) is 0 Å². The van der Waals surface area contributed by atoms with Crippen LogP contribution in [0.1, 0.15) is 5.56 Å². The highest BCUT2D eigenvalue weighted by Gasteiger charge is 1.96. The first-order valence-electron chi connectivity index (χ1n) is 3.22. The first kappa shape index (κ1) is 8.53. The Morgan fingerprint density at radius 2 is 2.18 bits per heavy atom. The average Bonchev–Trinajstić information content (AvgIpc) is 2.03. The standard InChI is InChI=1S/C8H9ClNO/c1-10-11-6-7-4-2-3-5-8(7)9/h2-5,10H,1,6H2. The fourth-order valence-electron chi connectivity index (χ4n) is 0.744. The molecule has 0 aromatic heterocycles. The average molecular weight is 171 g/mol. The number of nitrogens with one attached hydrogen (secondary N) is 1. The summed E-state index contributed by atoms with van der Waals surface area (Å²) < 4.78 is 0. The van der Waals surface area contributed by atoms with E-state index >= 15 is 0 Å². The van der Waals surface area contributed by atoms with E-state index in [4.69, 9.17) is 16.4 Å². The molecule has 0 atom stereocenters. The maximum Gasteiger partial charge on any atom is 0.0947 e. The van der Waals surface area contributed by atoms with Gasteiger partial charge in [0.15, 0.2) is 0 Å². The fraction of sp³-hybridized carbons (Fsp3) is 0.125. The van der Waals surface area contributed by atoms with Crippen molar-refractivity contribution in [2.45, 2.75) is 6.61 Å². The highest BCUT2D eigenvalue weighted by Crippen LogP contribution is 2.14. The van der Waals surface area contributed by atoms with Gasteiger partial charge in [0.1, 0.15) is 0 Å². The minimum atomic E-state index is 0.434. The maximum absolute atomic E-state index is 5.83. The minimum absolute atomic E-state index is 0.434. The lowest BCUT2D eigenvalue weighted by Crippen LogP contribution is -2.04. The zero-order valence-corrected chi connectivity index (χ0v) is 6.77. The molecule has 0 unspecified atom stereocenters. The molecular formula is C8H9ClNO. The van der Waals surface area contributed by atoms with Crippen LogP contribution in [0.4, 0.5) is 0 Å². The lowest BCUT2D eigenvalue weighted by molar-refractivity contribution is 0.0556. The van der Waals surface area contributed by atoms with Gasteiger partial charge in [-0.2, -0.15) is 0 Å². The van der Waals surface area contributed by atoms with Gasteiger partial charge in [-0.3, -0.25) is 4.84 Å². The second-order valence-electron chi connectivity index (χ2n) is 2.02. The van der Waals surface area contributed by atoms with Gasteiger partial charge in [0, 0.05) is 12.1 Å². The van der Waals surface area contributed by atoms with Crippen molar-refractivity contribution >= 4 is 11.6 Å². The molecule has 11 heavy (non-hydrogen) atoms. The Morgan fingerprint density at radius 1 is 1.45 bits per heavy atom. The number of hydrogen-bond acceptors (Lipinski definition) is 2. The van der Waals surface area contributed by atoms with E-state index in [1.54, 1.807) is 0 Å². The van der Waals surface area contributed by atoms with Gasteiger partial charge in [0.2, 0.25) is 0 Å². The summed E-state index contributed by atoms with van der Waals surface area (Å²) in [4.78, 5) is 4.85. The molecule has 0 amide bonds. The van der Waals surface area contributed by atoms with Crippen molar-refractivity contribution in [2.75, 3.05) is 0 Å². The molecule has 59 valence electrons. The van der Waals surface area contributed by atoms with Gasteiger partial charge in [0.05, 0.1) is 6.61 Å². The van der Waals surface area contributed by atoms with Crippen LogP contribution in [0.15, 0.2) is 24.3 Å². The van der Waals surface area contributed by atoms with Crippen LogP contribution in [0.25, 0.3) is 0 Å². The molecule has 1 rings (SSSR count). The van der Waals surface area contributed by atoms with E-state index in [9.17, 15) is 0 Å². The summed E-state index contributed by atoms with van der Waals surface area (Å²) in [6.45, 7) is 0.434. The molecule has 0 aliphatic heterocycles. The monoisotopic (exact) mass is 170 g/mol. The molecule has 3 heteroatoms. The van der Waals surface area contributed by atoms with Crippen molar-refractivity contribution in [1.29, 1.82) is 0 Å². The fourth-order valence-corrected chi connectivity index (χ4v) is 0.935. The molecule has 1 aromatic rings. The molecule has 1 aromatic carbocycles. The van der Waals surface area contributed by atoms with Crippen LogP contribution in [0, 0.1) is 7.05 Å². The number of hydroxylamine groups is 1. The van der Waals surface area contributed by atoms with Gasteiger partial charge in [0.25, 0.3) is 0 Å². The minimum Gasteiger partial charge on any atom is -0.297 e. The third kappa shape index (κ3) is 2.50. The Hall–Kier alpha value is -0.570. The highest BCUT2D eigenvalue weighted by atomic mass is 35.5. The lowest BCUT2D eigenvalue weighted by Gasteiger charge is -2.02. The summed E-state index contributed by atoms with van der Waals surface area (Å²) in [7, 11) is 3.32. The van der Waals surface area contributed by atoms with Gasteiger partial charge < -0.3 is 0 Å². The van der Waals surface area contributed by atoms with E-state index in [1.165, 1.54) is 0 Å². The largest absolute Gasteiger partial charge is 0.297 e. The molecule has 0 aliphatic rings. The Bertz CT molecular complexity index is 227. The van der Waals surface area contributed by atoms with E-state index in [1.807, 2.05) is 24.3 Å². The van der Waals surface area contributed by atoms with Gasteiger partial charge in [-0.1, -0.05) is 29.8 Å². The van der Waals surface area contributed by atoms with Crippen LogP contribution in [0.2, 0.25) is 5.02 Å². The molecule has 0 saturated heterocycles. The Labute approximate surface area is 71.1 Å². The first-order chi connectivity index (χ1) is 5.34. The van der Waals surface area contributed by atoms with Crippen LogP contribution in [0.5, 0.6) is 0 Å². The second kappa shape index (κ2) is 4.34. The van der Waals surface area contributed by atoms with Crippen molar-refractivity contribution in [3.63, 3.8) is 0 Å². The Morgan fingerprint density at radius 3 is 2.82 bits per heavy atom. The summed E-state index contributed by atoms with van der Waals surface area (Å²) in [5, 5.41) is 0.711. The van der Waals surface area contributed by atoms with Gasteiger partial charge in [-0.15, -0.1) is 0 Å². The number of benzene rings is 1. The summed E-state index contributed by atoms with van der Waals surface area (Å²) in [6, 6.07) is 7.51. The van der Waals surface area contributed by atoms with Crippen molar-refractivity contribution in [2.24, 2.45) is 0 Å². The predicted molar refractivity (Wildman–Crippen MR) is 44.7 cm³/mol. The molecule has 0 heterocycles. The zero-order chi connectivity index (χ0) is 8.10. The molecule has 1 N–H and O–H groups in total. The topological polar surface area (TPSA) is 21.3 Å². The van der Waals surface area contributed by atoms with Crippen molar-refractivity contribution in [3.05, 3.63) is 41.9 Å². The second-order valence-corrected chi connectivity index (χ2v) is 2.43. The van der Waals surface area contributed by atoms with Crippen LogP contribution in [0.3, 0.4) is 0 Å². The third-order valence-corrected chi connectivity index (χ3v) is 1.66. The molecule has 0 saturated carbocycles. The van der Waals surface area contributed by atoms with Gasteiger partial charge >= 0.3 is 0 Å². The van der Waals surface area contributed by atoms with E-state index < -0.39 is 0 Å². The summed E-state index contributed by atoms with van der Waals surface area (Å²) in [5.74, 6) is 0. The van der Waals surface area contributed by atoms with Crippen LogP contribution in [-0.2, 0) is 11.4 Å². The molecule has 0 aliphatic carbocycles. The molecule has 1 radical (unpaired) electrons.